The molecule has 0 unspecified atom stereocenters. The lowest BCUT2D eigenvalue weighted by atomic mass is 9.96. The number of carbonyl (C=O) groups is 1. The molecule has 0 radical (unpaired) electrons. The highest BCUT2D eigenvalue weighted by atomic mass is 16.5. The average molecular weight is 302 g/mol. The summed E-state index contributed by atoms with van der Waals surface area (Å²) in [6, 6.07) is 3.48. The Morgan fingerprint density at radius 3 is 2.77 bits per heavy atom. The van der Waals surface area contributed by atoms with Crippen molar-refractivity contribution in [2.75, 3.05) is 20.2 Å². The lowest BCUT2D eigenvalue weighted by molar-refractivity contribution is 0.0710. The highest BCUT2D eigenvalue weighted by molar-refractivity contribution is 5.94. The Morgan fingerprint density at radius 2 is 2.09 bits per heavy atom. The molecule has 1 saturated heterocycles. The van der Waals surface area contributed by atoms with Crippen LogP contribution in [0.2, 0.25) is 0 Å². The highest BCUT2D eigenvalue weighted by Gasteiger charge is 2.27. The molecule has 1 aliphatic rings. The number of likely N-dealkylation sites (tertiary alicyclic amines) is 1. The van der Waals surface area contributed by atoms with E-state index in [1.807, 2.05) is 4.90 Å². The van der Waals surface area contributed by atoms with Crippen molar-refractivity contribution >= 4 is 5.91 Å². The molecule has 0 aliphatic carbocycles. The van der Waals surface area contributed by atoms with Crippen LogP contribution in [0.4, 0.5) is 0 Å². The monoisotopic (exact) mass is 302 g/mol. The molecule has 2 aromatic heterocycles. The van der Waals surface area contributed by atoms with Crippen molar-refractivity contribution in [3.8, 4) is 0 Å². The molecule has 7 heteroatoms. The normalized spacial score (nSPS) is 16.0. The number of methoxy groups -OCH3 is 1. The molecule has 22 heavy (non-hydrogen) atoms. The molecule has 0 spiro atoms. The van der Waals surface area contributed by atoms with Gasteiger partial charge in [0.05, 0.1) is 0 Å². The maximum Gasteiger partial charge on any atom is 0.253 e. The van der Waals surface area contributed by atoms with E-state index in [1.54, 1.807) is 31.6 Å². The summed E-state index contributed by atoms with van der Waals surface area (Å²) in [7, 11) is 1.59. The zero-order chi connectivity index (χ0) is 15.4. The highest BCUT2D eigenvalue weighted by Crippen LogP contribution is 2.26. The summed E-state index contributed by atoms with van der Waals surface area (Å²) in [5.41, 5.74) is 0.676. The van der Waals surface area contributed by atoms with E-state index < -0.39 is 0 Å². The van der Waals surface area contributed by atoms with Crippen molar-refractivity contribution in [3.05, 3.63) is 41.8 Å². The Bertz CT molecular complexity index is 621. The molecule has 0 bridgehead atoms. The number of nitrogens with zero attached hydrogens (tertiary/aromatic N) is 4. The van der Waals surface area contributed by atoms with Crippen LogP contribution in [0.1, 0.15) is 40.8 Å². The molecule has 116 valence electrons. The van der Waals surface area contributed by atoms with Gasteiger partial charge in [-0.3, -0.25) is 9.78 Å². The number of hydrogen-bond donors (Lipinski definition) is 0. The van der Waals surface area contributed by atoms with E-state index in [4.69, 9.17) is 9.26 Å². The summed E-state index contributed by atoms with van der Waals surface area (Å²) in [6.45, 7) is 1.71. The van der Waals surface area contributed by atoms with Gasteiger partial charge in [-0.25, -0.2) is 0 Å². The molecule has 0 atom stereocenters. The van der Waals surface area contributed by atoms with E-state index >= 15 is 0 Å². The fourth-order valence-electron chi connectivity index (χ4n) is 2.63. The SMILES string of the molecule is COCc1nc(C2CCN(C(=O)c3ccncc3)CC2)no1. The molecule has 3 heterocycles. The fourth-order valence-corrected chi connectivity index (χ4v) is 2.63. The van der Waals surface area contributed by atoms with Gasteiger partial charge in [0.2, 0.25) is 0 Å². The van der Waals surface area contributed by atoms with E-state index in [9.17, 15) is 4.79 Å². The number of amides is 1. The average Bonchev–Trinajstić information content (AvgIpc) is 3.04. The third-order valence-electron chi connectivity index (χ3n) is 3.83. The van der Waals surface area contributed by atoms with Gasteiger partial charge in [0, 0.05) is 44.1 Å². The number of aromatic nitrogens is 3. The second-order valence-corrected chi connectivity index (χ2v) is 5.28. The van der Waals surface area contributed by atoms with Crippen LogP contribution in [0.3, 0.4) is 0 Å². The van der Waals surface area contributed by atoms with Crippen LogP contribution in [-0.4, -0.2) is 46.1 Å². The molecule has 0 saturated carbocycles. The Hall–Kier alpha value is -2.28. The second-order valence-electron chi connectivity index (χ2n) is 5.28. The van der Waals surface area contributed by atoms with Crippen LogP contribution in [0.5, 0.6) is 0 Å². The quantitative estimate of drug-likeness (QED) is 0.854. The van der Waals surface area contributed by atoms with Crippen LogP contribution in [0.25, 0.3) is 0 Å². The van der Waals surface area contributed by atoms with E-state index in [0.717, 1.165) is 12.8 Å². The number of pyridine rings is 1. The molecular weight excluding hydrogens is 284 g/mol. The molecule has 3 rings (SSSR count). The van der Waals surface area contributed by atoms with Gasteiger partial charge >= 0.3 is 0 Å². The number of ether oxygens (including phenoxy) is 1. The van der Waals surface area contributed by atoms with Crippen LogP contribution in [0.15, 0.2) is 29.0 Å². The van der Waals surface area contributed by atoms with Gasteiger partial charge in [-0.15, -0.1) is 0 Å². The summed E-state index contributed by atoms with van der Waals surface area (Å²) in [6.07, 6.45) is 4.94. The summed E-state index contributed by atoms with van der Waals surface area (Å²) in [5, 5.41) is 4.01. The number of piperidine rings is 1. The second kappa shape index (κ2) is 6.65. The van der Waals surface area contributed by atoms with Crippen molar-refractivity contribution in [1.82, 2.24) is 20.0 Å². The lowest BCUT2D eigenvalue weighted by Gasteiger charge is -2.30. The third-order valence-corrected chi connectivity index (χ3v) is 3.83. The Labute approximate surface area is 128 Å². The van der Waals surface area contributed by atoms with Gasteiger partial charge in [-0.1, -0.05) is 5.16 Å². The predicted octanol–water partition coefficient (Wildman–Crippen LogP) is 1.63. The molecule has 1 aliphatic heterocycles. The maximum atomic E-state index is 12.4. The Balaban J connectivity index is 1.59. The largest absolute Gasteiger partial charge is 0.375 e. The standard InChI is InChI=1S/C15H18N4O3/c1-21-10-13-17-14(18-22-13)11-4-8-19(9-5-11)15(20)12-2-6-16-7-3-12/h2-3,6-7,11H,4-5,8-10H2,1H3. The van der Waals surface area contributed by atoms with Crippen molar-refractivity contribution in [1.29, 1.82) is 0 Å². The lowest BCUT2D eigenvalue weighted by Crippen LogP contribution is -2.38. The zero-order valence-electron chi connectivity index (χ0n) is 12.4. The molecule has 1 fully saturated rings. The van der Waals surface area contributed by atoms with Crippen molar-refractivity contribution in [2.24, 2.45) is 0 Å². The molecule has 0 N–H and O–H groups in total. The van der Waals surface area contributed by atoms with E-state index in [-0.39, 0.29) is 11.8 Å². The minimum absolute atomic E-state index is 0.0500. The first-order valence-corrected chi connectivity index (χ1v) is 7.28. The van der Waals surface area contributed by atoms with Gasteiger partial charge in [-0.05, 0) is 25.0 Å². The topological polar surface area (TPSA) is 81.4 Å². The Morgan fingerprint density at radius 1 is 1.36 bits per heavy atom. The van der Waals surface area contributed by atoms with Crippen LogP contribution < -0.4 is 0 Å². The number of hydrogen-bond acceptors (Lipinski definition) is 6. The minimum Gasteiger partial charge on any atom is -0.375 e. The molecule has 7 nitrogen and oxygen atoms in total. The van der Waals surface area contributed by atoms with Crippen LogP contribution >= 0.6 is 0 Å². The zero-order valence-corrected chi connectivity index (χ0v) is 12.4. The van der Waals surface area contributed by atoms with Gasteiger partial charge in [0.1, 0.15) is 6.61 Å². The van der Waals surface area contributed by atoms with Gasteiger partial charge in [0.15, 0.2) is 5.82 Å². The first kappa shape index (κ1) is 14.6. The first-order valence-electron chi connectivity index (χ1n) is 7.28. The van der Waals surface area contributed by atoms with Crippen molar-refractivity contribution < 1.29 is 14.1 Å². The molecular formula is C15H18N4O3. The maximum absolute atomic E-state index is 12.4. The van der Waals surface area contributed by atoms with Crippen LogP contribution in [0, 0.1) is 0 Å². The summed E-state index contributed by atoms with van der Waals surface area (Å²) in [5.74, 6) is 1.49. The van der Waals surface area contributed by atoms with Crippen molar-refractivity contribution in [2.45, 2.75) is 25.4 Å². The van der Waals surface area contributed by atoms with Crippen LogP contribution in [-0.2, 0) is 11.3 Å². The number of carbonyl (C=O) groups excluding carboxylic acids is 1. The minimum atomic E-state index is 0.0500. The summed E-state index contributed by atoms with van der Waals surface area (Å²) < 4.78 is 10.1. The molecule has 2 aromatic rings. The summed E-state index contributed by atoms with van der Waals surface area (Å²) in [4.78, 5) is 22.5. The number of rotatable bonds is 4. The smallest absolute Gasteiger partial charge is 0.253 e. The van der Waals surface area contributed by atoms with Gasteiger partial charge in [0.25, 0.3) is 11.8 Å². The molecule has 0 aromatic carbocycles. The summed E-state index contributed by atoms with van der Waals surface area (Å²) >= 11 is 0. The van der Waals surface area contributed by atoms with E-state index in [2.05, 4.69) is 15.1 Å². The third kappa shape index (κ3) is 3.14. The van der Waals surface area contributed by atoms with Crippen molar-refractivity contribution in [3.63, 3.8) is 0 Å². The van der Waals surface area contributed by atoms with E-state index in [0.29, 0.717) is 37.0 Å². The first-order chi connectivity index (χ1) is 10.8. The fraction of sp³-hybridized carbons (Fsp3) is 0.467. The Kier molecular flexibility index (Phi) is 4.43. The molecule has 1 amide bonds. The van der Waals surface area contributed by atoms with E-state index in [1.165, 1.54) is 0 Å². The van der Waals surface area contributed by atoms with Gasteiger partial charge in [-0.2, -0.15) is 4.98 Å². The predicted molar refractivity (Wildman–Crippen MR) is 77.1 cm³/mol. The van der Waals surface area contributed by atoms with Gasteiger partial charge < -0.3 is 14.2 Å².